The Balaban J connectivity index is 1.44. The summed E-state index contributed by atoms with van der Waals surface area (Å²) in [6.45, 7) is 2.85. The molecular weight excluding hydrogens is 356 g/mol. The quantitative estimate of drug-likeness (QED) is 0.633. The van der Waals surface area contributed by atoms with E-state index in [-0.39, 0.29) is 18.2 Å². The molecule has 1 atom stereocenters. The molecule has 0 unspecified atom stereocenters. The lowest BCUT2D eigenvalue weighted by Crippen LogP contribution is -2.57. The molecule has 1 saturated heterocycles. The number of carbonyl (C=O) groups is 2. The van der Waals surface area contributed by atoms with Crippen molar-refractivity contribution in [2.75, 3.05) is 32.8 Å². The van der Waals surface area contributed by atoms with Gasteiger partial charge in [-0.3, -0.25) is 19.5 Å². The predicted octanol–water partition coefficient (Wildman–Crippen LogP) is 1.01. The van der Waals surface area contributed by atoms with E-state index < -0.39 is 6.04 Å². The van der Waals surface area contributed by atoms with Crippen LogP contribution < -0.4 is 15.4 Å². The van der Waals surface area contributed by atoms with E-state index in [2.05, 4.69) is 32.7 Å². The molecule has 0 radical (unpaired) electrons. The maximum atomic E-state index is 12.3. The van der Waals surface area contributed by atoms with Gasteiger partial charge in [0.25, 0.3) is 0 Å². The Morgan fingerprint density at radius 1 is 1.25 bits per heavy atom. The van der Waals surface area contributed by atoms with Gasteiger partial charge in [0.15, 0.2) is 0 Å². The number of nitrogens with zero attached hydrogens (tertiary/aromatic N) is 2. The molecule has 3 rings (SSSR count). The first kappa shape index (κ1) is 19.8. The normalized spacial score (nSPS) is 17.0. The molecule has 1 aliphatic rings. The zero-order valence-corrected chi connectivity index (χ0v) is 15.8. The molecule has 2 aromatic rings. The molecule has 2 N–H and O–H groups in total. The van der Waals surface area contributed by atoms with Crippen LogP contribution in [-0.4, -0.2) is 60.5 Å². The fraction of sp³-hybridized carbons (Fsp3) is 0.381. The number of hydrogen-bond donors (Lipinski definition) is 2. The van der Waals surface area contributed by atoms with E-state index in [1.807, 2.05) is 24.3 Å². The molecule has 0 bridgehead atoms. The average molecular weight is 382 g/mol. The van der Waals surface area contributed by atoms with Gasteiger partial charge >= 0.3 is 0 Å². The van der Waals surface area contributed by atoms with E-state index in [4.69, 9.17) is 4.74 Å². The number of aromatic nitrogens is 1. The fourth-order valence-electron chi connectivity index (χ4n) is 3.21. The molecular formula is C21H26N4O3. The van der Waals surface area contributed by atoms with E-state index in [0.717, 1.165) is 19.5 Å². The number of benzene rings is 1. The van der Waals surface area contributed by atoms with Crippen LogP contribution in [0.3, 0.4) is 0 Å². The fourth-order valence-corrected chi connectivity index (χ4v) is 3.21. The number of hydrogen-bond acceptors (Lipinski definition) is 5. The minimum atomic E-state index is -0.434. The highest BCUT2D eigenvalue weighted by Crippen LogP contribution is 2.11. The van der Waals surface area contributed by atoms with Gasteiger partial charge in [-0.1, -0.05) is 30.3 Å². The molecule has 28 heavy (non-hydrogen) atoms. The van der Waals surface area contributed by atoms with Crippen molar-refractivity contribution < 1.29 is 14.3 Å². The second-order valence-corrected chi connectivity index (χ2v) is 6.67. The van der Waals surface area contributed by atoms with Gasteiger partial charge in [-0.05, 0) is 24.1 Å². The number of amides is 2. The topological polar surface area (TPSA) is 83.6 Å². The zero-order chi connectivity index (χ0) is 19.6. The van der Waals surface area contributed by atoms with Crippen LogP contribution >= 0.6 is 0 Å². The molecule has 2 amide bonds. The molecule has 1 fully saturated rings. The van der Waals surface area contributed by atoms with Crippen LogP contribution in [0.1, 0.15) is 12.0 Å². The predicted molar refractivity (Wildman–Crippen MR) is 106 cm³/mol. The summed E-state index contributed by atoms with van der Waals surface area (Å²) < 4.78 is 5.51. The third-order valence-corrected chi connectivity index (χ3v) is 4.68. The van der Waals surface area contributed by atoms with Crippen LogP contribution in [0.4, 0.5) is 0 Å². The number of ether oxygens (including phenoxy) is 1. The average Bonchev–Trinajstić information content (AvgIpc) is 2.73. The van der Waals surface area contributed by atoms with Crippen molar-refractivity contribution in [3.8, 4) is 5.75 Å². The number of nitrogens with one attached hydrogen (secondary N) is 2. The highest BCUT2D eigenvalue weighted by atomic mass is 16.5. The molecule has 7 nitrogen and oxygen atoms in total. The number of rotatable bonds is 9. The van der Waals surface area contributed by atoms with Gasteiger partial charge in [-0.2, -0.15) is 0 Å². The van der Waals surface area contributed by atoms with Crippen molar-refractivity contribution in [3.05, 3.63) is 60.4 Å². The largest absolute Gasteiger partial charge is 0.490 e. The van der Waals surface area contributed by atoms with Crippen LogP contribution in [0.5, 0.6) is 5.75 Å². The Labute approximate surface area is 165 Å². The Kier molecular flexibility index (Phi) is 7.37. The molecule has 1 aromatic heterocycles. The lowest BCUT2D eigenvalue weighted by atomic mass is 10.1. The minimum absolute atomic E-state index is 0.0823. The molecule has 2 heterocycles. The summed E-state index contributed by atoms with van der Waals surface area (Å²) in [5, 5.41) is 5.69. The second kappa shape index (κ2) is 10.4. The van der Waals surface area contributed by atoms with Gasteiger partial charge in [0.2, 0.25) is 11.8 Å². The molecule has 0 saturated carbocycles. The zero-order valence-electron chi connectivity index (χ0n) is 15.8. The summed E-state index contributed by atoms with van der Waals surface area (Å²) in [5.41, 5.74) is 1.23. The summed E-state index contributed by atoms with van der Waals surface area (Å²) in [6, 6.07) is 13.3. The summed E-state index contributed by atoms with van der Waals surface area (Å²) in [6.07, 6.45) is 4.30. The summed E-state index contributed by atoms with van der Waals surface area (Å²) in [4.78, 5) is 30.7. The first-order chi connectivity index (χ1) is 13.7. The number of carbonyl (C=O) groups excluding carboxylic acids is 2. The van der Waals surface area contributed by atoms with Crippen LogP contribution in [0.2, 0.25) is 0 Å². The maximum Gasteiger partial charge on any atom is 0.237 e. The molecule has 0 aliphatic carbocycles. The third-order valence-electron chi connectivity index (χ3n) is 4.68. The van der Waals surface area contributed by atoms with Gasteiger partial charge in [0.1, 0.15) is 12.4 Å². The minimum Gasteiger partial charge on any atom is -0.490 e. The summed E-state index contributed by atoms with van der Waals surface area (Å²) in [7, 11) is 0. The van der Waals surface area contributed by atoms with Crippen molar-refractivity contribution in [1.82, 2.24) is 20.5 Å². The Bertz CT molecular complexity index is 755. The Morgan fingerprint density at radius 3 is 2.89 bits per heavy atom. The maximum absolute atomic E-state index is 12.3. The SMILES string of the molecule is O=C(C[C@@H]1C(=O)NCCN1CCc1ccccc1)NCCOc1cccnc1. The molecule has 1 aliphatic heterocycles. The van der Waals surface area contributed by atoms with Crippen molar-refractivity contribution in [2.24, 2.45) is 0 Å². The van der Waals surface area contributed by atoms with Crippen molar-refractivity contribution in [1.29, 1.82) is 0 Å². The third kappa shape index (κ3) is 6.06. The molecule has 148 valence electrons. The van der Waals surface area contributed by atoms with E-state index in [0.29, 0.717) is 25.4 Å². The molecule has 7 heteroatoms. The van der Waals surface area contributed by atoms with Gasteiger partial charge in [0, 0.05) is 25.8 Å². The molecule has 1 aromatic carbocycles. The monoisotopic (exact) mass is 382 g/mol. The van der Waals surface area contributed by atoms with Crippen molar-refractivity contribution in [3.63, 3.8) is 0 Å². The lowest BCUT2D eigenvalue weighted by Gasteiger charge is -2.34. The van der Waals surface area contributed by atoms with Gasteiger partial charge in [0.05, 0.1) is 25.2 Å². The van der Waals surface area contributed by atoms with E-state index in [9.17, 15) is 9.59 Å². The number of piperazine rings is 1. The number of pyridine rings is 1. The van der Waals surface area contributed by atoms with Gasteiger partial charge in [-0.25, -0.2) is 0 Å². The van der Waals surface area contributed by atoms with Crippen LogP contribution in [0.15, 0.2) is 54.9 Å². The van der Waals surface area contributed by atoms with E-state index >= 15 is 0 Å². The Morgan fingerprint density at radius 2 is 2.11 bits per heavy atom. The lowest BCUT2D eigenvalue weighted by molar-refractivity contribution is -0.133. The smallest absolute Gasteiger partial charge is 0.237 e. The highest BCUT2D eigenvalue weighted by Gasteiger charge is 2.31. The second-order valence-electron chi connectivity index (χ2n) is 6.67. The molecule has 0 spiro atoms. The van der Waals surface area contributed by atoms with Crippen molar-refractivity contribution in [2.45, 2.75) is 18.9 Å². The first-order valence-corrected chi connectivity index (χ1v) is 9.57. The highest BCUT2D eigenvalue weighted by molar-refractivity contribution is 5.88. The summed E-state index contributed by atoms with van der Waals surface area (Å²) >= 11 is 0. The van der Waals surface area contributed by atoms with Crippen LogP contribution in [-0.2, 0) is 16.0 Å². The Hall–Kier alpha value is -2.93. The first-order valence-electron chi connectivity index (χ1n) is 9.57. The van der Waals surface area contributed by atoms with E-state index in [1.54, 1.807) is 18.5 Å². The summed E-state index contributed by atoms with van der Waals surface area (Å²) in [5.74, 6) is 0.429. The standard InChI is InChI=1S/C21H26N4O3/c26-20(23-11-14-28-18-7-4-9-22-16-18)15-19-21(27)24-10-13-25(19)12-8-17-5-2-1-3-6-17/h1-7,9,16,19H,8,10-15H2,(H,23,26)(H,24,27)/t19-/m1/s1. The van der Waals surface area contributed by atoms with Crippen LogP contribution in [0.25, 0.3) is 0 Å². The van der Waals surface area contributed by atoms with Crippen LogP contribution in [0, 0.1) is 0 Å². The van der Waals surface area contributed by atoms with Gasteiger partial charge in [-0.15, -0.1) is 0 Å². The van der Waals surface area contributed by atoms with Gasteiger partial charge < -0.3 is 15.4 Å². The van der Waals surface area contributed by atoms with E-state index in [1.165, 1.54) is 5.56 Å². The van der Waals surface area contributed by atoms with Crippen molar-refractivity contribution >= 4 is 11.8 Å².